The first-order valence-corrected chi connectivity index (χ1v) is 6.47. The third-order valence-electron chi connectivity index (χ3n) is 1.78. The molecule has 1 N–H and O–H groups in total. The Kier molecular flexibility index (Phi) is 7.94. The molecule has 1 aliphatic rings. The first-order valence-electron chi connectivity index (χ1n) is 4.62. The fourth-order valence-electron chi connectivity index (χ4n) is 1.18. The van der Waals surface area contributed by atoms with Crippen LogP contribution in [0, 0.1) is 6.07 Å². The molecule has 1 aromatic rings. The molecule has 0 radical (unpaired) electrons. The Labute approximate surface area is 124 Å². The molecule has 2 rings (SSSR count). The molecule has 0 bridgehead atoms. The summed E-state index contributed by atoms with van der Waals surface area (Å²) < 4.78 is 31.1. The smallest absolute Gasteiger partial charge is 0.374 e. The molecule has 0 saturated heterocycles. The van der Waals surface area contributed by atoms with Crippen molar-refractivity contribution in [2.24, 2.45) is 0 Å². The van der Waals surface area contributed by atoms with Gasteiger partial charge in [0.05, 0.1) is 19.5 Å². The summed E-state index contributed by atoms with van der Waals surface area (Å²) in [6.07, 6.45) is 2.83. The zero-order valence-electron chi connectivity index (χ0n) is 9.88. The van der Waals surface area contributed by atoms with Crippen LogP contribution in [-0.2, 0) is 14.9 Å². The van der Waals surface area contributed by atoms with Gasteiger partial charge in [0.1, 0.15) is 0 Å². The van der Waals surface area contributed by atoms with Crippen molar-refractivity contribution in [2.45, 2.75) is 0 Å². The van der Waals surface area contributed by atoms with E-state index in [4.69, 9.17) is 9.29 Å². The van der Waals surface area contributed by atoms with Crippen LogP contribution < -0.4 is 29.6 Å². The fourth-order valence-corrected chi connectivity index (χ4v) is 1.18. The molecular weight excluding hydrogens is 251 g/mol. The zero-order valence-corrected chi connectivity index (χ0v) is 12.7. The monoisotopic (exact) mass is 264 g/mol. The topological polar surface area (TPSA) is 63.6 Å². The molecule has 6 heteroatoms. The molecule has 1 aromatic carbocycles. The SMILES string of the molecule is CS(=O)(=O)O.[Na+].[c-]1cccc(C2=CCOC2)c1. The third-order valence-corrected chi connectivity index (χ3v) is 1.78. The van der Waals surface area contributed by atoms with Crippen molar-refractivity contribution in [1.29, 1.82) is 0 Å². The Morgan fingerprint density at radius 1 is 1.47 bits per heavy atom. The van der Waals surface area contributed by atoms with Gasteiger partial charge >= 0.3 is 29.6 Å². The van der Waals surface area contributed by atoms with Gasteiger partial charge in [0.25, 0.3) is 10.1 Å². The second kappa shape index (κ2) is 8.02. The van der Waals surface area contributed by atoms with Crippen LogP contribution in [0.2, 0.25) is 0 Å². The molecule has 1 heterocycles. The Hall–Kier alpha value is -0.170. The van der Waals surface area contributed by atoms with Crippen molar-refractivity contribution >= 4 is 15.7 Å². The number of hydrogen-bond donors (Lipinski definition) is 1. The van der Waals surface area contributed by atoms with E-state index in [9.17, 15) is 8.42 Å². The number of rotatable bonds is 1. The first-order chi connectivity index (χ1) is 7.47. The van der Waals surface area contributed by atoms with E-state index in [2.05, 4.69) is 18.2 Å². The molecule has 4 nitrogen and oxygen atoms in total. The average Bonchev–Trinajstić information content (AvgIpc) is 2.69. The molecule has 0 atom stereocenters. The van der Waals surface area contributed by atoms with E-state index in [1.165, 1.54) is 11.1 Å². The van der Waals surface area contributed by atoms with Crippen LogP contribution in [0.5, 0.6) is 0 Å². The van der Waals surface area contributed by atoms with E-state index >= 15 is 0 Å². The summed E-state index contributed by atoms with van der Waals surface area (Å²) in [6.45, 7) is 1.50. The van der Waals surface area contributed by atoms with Crippen molar-refractivity contribution in [3.05, 3.63) is 42.0 Å². The molecule has 0 saturated carbocycles. The Bertz CT molecular complexity index is 446. The summed E-state index contributed by atoms with van der Waals surface area (Å²) in [5, 5.41) is 0. The van der Waals surface area contributed by atoms with Crippen molar-refractivity contribution in [3.8, 4) is 0 Å². The summed E-state index contributed by atoms with van der Waals surface area (Å²) in [7, 11) is -3.67. The summed E-state index contributed by atoms with van der Waals surface area (Å²) in [5.41, 5.74) is 2.51. The summed E-state index contributed by atoms with van der Waals surface area (Å²) in [6, 6.07) is 11.0. The Balaban J connectivity index is 0.000000373. The molecule has 17 heavy (non-hydrogen) atoms. The van der Waals surface area contributed by atoms with Gasteiger partial charge in [0.2, 0.25) is 0 Å². The average molecular weight is 264 g/mol. The van der Waals surface area contributed by atoms with Crippen molar-refractivity contribution in [3.63, 3.8) is 0 Å². The minimum absolute atomic E-state index is 0. The minimum Gasteiger partial charge on any atom is -0.374 e. The molecule has 0 spiro atoms. The standard InChI is InChI=1S/C10H9O.CH4O3S.Na/c1-2-4-9(5-3-1)10-6-7-11-8-10;1-5(2,3)4;/h1-2,4-6H,7-8H2;1H3,(H,2,3,4);/q-1;;+1. The second-order valence-electron chi connectivity index (χ2n) is 3.27. The Morgan fingerprint density at radius 3 is 2.53 bits per heavy atom. The molecule has 1 aliphatic heterocycles. The van der Waals surface area contributed by atoms with Crippen molar-refractivity contribution < 1.29 is 47.3 Å². The van der Waals surface area contributed by atoms with Gasteiger partial charge in [-0.25, -0.2) is 0 Å². The van der Waals surface area contributed by atoms with Gasteiger partial charge in [-0.1, -0.05) is 11.6 Å². The van der Waals surface area contributed by atoms with Crippen LogP contribution >= 0.6 is 0 Å². The maximum Gasteiger partial charge on any atom is 1.00 e. The zero-order chi connectivity index (χ0) is 12.0. The molecule has 0 aliphatic carbocycles. The second-order valence-corrected chi connectivity index (χ2v) is 4.74. The van der Waals surface area contributed by atoms with Gasteiger partial charge in [-0.2, -0.15) is 38.7 Å². The molecule has 0 amide bonds. The van der Waals surface area contributed by atoms with Gasteiger partial charge in [-0.15, -0.1) is 5.56 Å². The molecule has 0 unspecified atom stereocenters. The quantitative estimate of drug-likeness (QED) is 0.377. The molecule has 88 valence electrons. The third kappa shape index (κ3) is 8.54. The van der Waals surface area contributed by atoms with Crippen molar-refractivity contribution in [2.75, 3.05) is 19.5 Å². The maximum atomic E-state index is 9.19. The van der Waals surface area contributed by atoms with Crippen LogP contribution in [0.15, 0.2) is 30.3 Å². The summed E-state index contributed by atoms with van der Waals surface area (Å²) >= 11 is 0. The van der Waals surface area contributed by atoms with Gasteiger partial charge in [-0.3, -0.25) is 4.55 Å². The van der Waals surface area contributed by atoms with E-state index in [0.29, 0.717) is 6.26 Å². The van der Waals surface area contributed by atoms with E-state index in [1.807, 2.05) is 18.2 Å². The summed E-state index contributed by atoms with van der Waals surface area (Å²) in [5.74, 6) is 0. The normalized spacial score (nSPS) is 14.1. The largest absolute Gasteiger partial charge is 1.00 e. The Morgan fingerprint density at radius 2 is 2.12 bits per heavy atom. The summed E-state index contributed by atoms with van der Waals surface area (Å²) in [4.78, 5) is 0. The molecule has 0 fully saturated rings. The van der Waals surface area contributed by atoms with Crippen LogP contribution in [0.3, 0.4) is 0 Å². The van der Waals surface area contributed by atoms with Crippen molar-refractivity contribution in [1.82, 2.24) is 0 Å². The van der Waals surface area contributed by atoms with Crippen LogP contribution in [-0.4, -0.2) is 32.4 Å². The van der Waals surface area contributed by atoms with Crippen LogP contribution in [0.1, 0.15) is 5.56 Å². The minimum atomic E-state index is -3.67. The molecular formula is C11H13NaO4S. The number of hydrogen-bond acceptors (Lipinski definition) is 3. The number of benzene rings is 1. The van der Waals surface area contributed by atoms with Crippen LogP contribution in [0.4, 0.5) is 0 Å². The predicted molar refractivity (Wildman–Crippen MR) is 61.5 cm³/mol. The van der Waals surface area contributed by atoms with E-state index in [-0.39, 0.29) is 29.6 Å². The van der Waals surface area contributed by atoms with Gasteiger partial charge in [-0.05, 0) is 0 Å². The van der Waals surface area contributed by atoms with E-state index in [0.717, 1.165) is 13.2 Å². The van der Waals surface area contributed by atoms with Gasteiger partial charge in [0.15, 0.2) is 0 Å². The van der Waals surface area contributed by atoms with E-state index in [1.54, 1.807) is 0 Å². The molecule has 0 aromatic heterocycles. The van der Waals surface area contributed by atoms with Gasteiger partial charge < -0.3 is 4.74 Å². The fraction of sp³-hybridized carbons (Fsp3) is 0.273. The van der Waals surface area contributed by atoms with Gasteiger partial charge in [0, 0.05) is 0 Å². The first kappa shape index (κ1) is 16.8. The maximum absolute atomic E-state index is 9.19. The number of ether oxygens (including phenoxy) is 1. The van der Waals surface area contributed by atoms with E-state index < -0.39 is 10.1 Å². The van der Waals surface area contributed by atoms with Crippen LogP contribution in [0.25, 0.3) is 5.57 Å². The predicted octanol–water partition coefficient (Wildman–Crippen LogP) is -1.59.